The lowest BCUT2D eigenvalue weighted by atomic mass is 10.1. The van der Waals surface area contributed by atoms with Crippen molar-refractivity contribution in [3.05, 3.63) is 60.3 Å². The fourth-order valence-corrected chi connectivity index (χ4v) is 3.74. The molecule has 6 nitrogen and oxygen atoms in total. The molecule has 0 atom stereocenters. The molecule has 0 saturated carbocycles. The Labute approximate surface area is 177 Å². The summed E-state index contributed by atoms with van der Waals surface area (Å²) in [6, 6.07) is 18.1. The number of piperidine rings is 1. The third-order valence-corrected chi connectivity index (χ3v) is 5.20. The number of hydrogen-bond acceptors (Lipinski definition) is 5. The molecule has 1 fully saturated rings. The van der Waals surface area contributed by atoms with Crippen LogP contribution in [0.2, 0.25) is 0 Å². The van der Waals surface area contributed by atoms with Gasteiger partial charge in [-0.1, -0.05) is 12.1 Å². The van der Waals surface area contributed by atoms with E-state index in [1.807, 2.05) is 37.3 Å². The van der Waals surface area contributed by atoms with Gasteiger partial charge in [-0.25, -0.2) is 9.97 Å². The van der Waals surface area contributed by atoms with E-state index in [0.29, 0.717) is 5.95 Å². The monoisotopic (exact) mass is 401 g/mol. The van der Waals surface area contributed by atoms with Crippen molar-refractivity contribution in [1.82, 2.24) is 9.97 Å². The van der Waals surface area contributed by atoms with Crippen molar-refractivity contribution in [1.29, 1.82) is 0 Å². The van der Waals surface area contributed by atoms with Crippen molar-refractivity contribution < 1.29 is 4.79 Å². The van der Waals surface area contributed by atoms with Crippen LogP contribution in [0.1, 0.15) is 31.9 Å². The molecule has 6 heteroatoms. The molecular formula is C24H27N5O. The standard InChI is InChI=1S/C24H27N5O/c1-17-16-23(19-6-8-20(9-7-19)26-18(2)30)28-24(25-17)27-21-10-12-22(13-11-21)29-14-4-3-5-15-29/h6-13,16H,3-5,14-15H2,1-2H3,(H,26,30)(H,25,27,28). The normalized spacial score (nSPS) is 13.7. The lowest BCUT2D eigenvalue weighted by Gasteiger charge is -2.28. The topological polar surface area (TPSA) is 70.2 Å². The van der Waals surface area contributed by atoms with Gasteiger partial charge in [0.1, 0.15) is 0 Å². The molecule has 4 rings (SSSR count). The third kappa shape index (κ3) is 4.95. The van der Waals surface area contributed by atoms with Crippen molar-refractivity contribution in [2.75, 3.05) is 28.6 Å². The maximum absolute atomic E-state index is 11.2. The Hall–Kier alpha value is -3.41. The van der Waals surface area contributed by atoms with E-state index in [1.165, 1.54) is 31.9 Å². The molecule has 0 radical (unpaired) electrons. The number of hydrogen-bond donors (Lipinski definition) is 2. The molecule has 2 N–H and O–H groups in total. The highest BCUT2D eigenvalue weighted by Crippen LogP contribution is 2.25. The van der Waals surface area contributed by atoms with Crippen molar-refractivity contribution >= 4 is 28.9 Å². The van der Waals surface area contributed by atoms with Gasteiger partial charge in [-0.3, -0.25) is 4.79 Å². The molecule has 0 aliphatic carbocycles. The van der Waals surface area contributed by atoms with E-state index in [-0.39, 0.29) is 5.91 Å². The summed E-state index contributed by atoms with van der Waals surface area (Å²) >= 11 is 0. The fourth-order valence-electron chi connectivity index (χ4n) is 3.74. The molecule has 1 aliphatic heterocycles. The van der Waals surface area contributed by atoms with Gasteiger partial charge in [0.15, 0.2) is 0 Å². The van der Waals surface area contributed by atoms with Crippen molar-refractivity contribution in [3.63, 3.8) is 0 Å². The summed E-state index contributed by atoms with van der Waals surface area (Å²) in [6.45, 7) is 5.73. The number of nitrogens with zero attached hydrogens (tertiary/aromatic N) is 3. The summed E-state index contributed by atoms with van der Waals surface area (Å²) in [7, 11) is 0. The van der Waals surface area contributed by atoms with E-state index >= 15 is 0 Å². The third-order valence-electron chi connectivity index (χ3n) is 5.20. The highest BCUT2D eigenvalue weighted by Gasteiger charge is 2.11. The number of aryl methyl sites for hydroxylation is 1. The molecule has 0 unspecified atom stereocenters. The molecular weight excluding hydrogens is 374 g/mol. The number of carbonyl (C=O) groups excluding carboxylic acids is 1. The van der Waals surface area contributed by atoms with Gasteiger partial charge in [-0.05, 0) is 68.7 Å². The SMILES string of the molecule is CC(=O)Nc1ccc(-c2cc(C)nc(Nc3ccc(N4CCCCC4)cc3)n2)cc1. The Morgan fingerprint density at radius 2 is 1.57 bits per heavy atom. The van der Waals surface area contributed by atoms with Crippen molar-refractivity contribution in [2.24, 2.45) is 0 Å². The highest BCUT2D eigenvalue weighted by molar-refractivity contribution is 5.88. The summed E-state index contributed by atoms with van der Waals surface area (Å²) in [6.07, 6.45) is 3.87. The van der Waals surface area contributed by atoms with E-state index in [2.05, 4.69) is 49.8 Å². The Morgan fingerprint density at radius 1 is 0.900 bits per heavy atom. The zero-order valence-electron chi connectivity index (χ0n) is 17.5. The second kappa shape index (κ2) is 8.95. The van der Waals surface area contributed by atoms with E-state index in [9.17, 15) is 4.79 Å². The molecule has 0 bridgehead atoms. The summed E-state index contributed by atoms with van der Waals surface area (Å²) in [4.78, 5) is 22.9. The molecule has 2 aromatic carbocycles. The molecule has 3 aromatic rings. The maximum atomic E-state index is 11.2. The van der Waals surface area contributed by atoms with Crippen LogP contribution in [0.4, 0.5) is 23.0 Å². The molecule has 1 aromatic heterocycles. The number of benzene rings is 2. The lowest BCUT2D eigenvalue weighted by Crippen LogP contribution is -2.29. The Kier molecular flexibility index (Phi) is 5.93. The number of amides is 1. The quantitative estimate of drug-likeness (QED) is 0.619. The first-order chi connectivity index (χ1) is 14.6. The number of carbonyl (C=O) groups is 1. The van der Waals surface area contributed by atoms with Crippen molar-refractivity contribution in [3.8, 4) is 11.3 Å². The van der Waals surface area contributed by atoms with Crippen LogP contribution in [-0.4, -0.2) is 29.0 Å². The first-order valence-corrected chi connectivity index (χ1v) is 10.4. The molecule has 154 valence electrons. The average molecular weight is 402 g/mol. The van der Waals surface area contributed by atoms with Crippen LogP contribution in [-0.2, 0) is 4.79 Å². The summed E-state index contributed by atoms with van der Waals surface area (Å²) < 4.78 is 0. The van der Waals surface area contributed by atoms with Crippen LogP contribution < -0.4 is 15.5 Å². The summed E-state index contributed by atoms with van der Waals surface area (Å²) in [5.74, 6) is 0.486. The largest absolute Gasteiger partial charge is 0.372 e. The second-order valence-electron chi connectivity index (χ2n) is 7.70. The van der Waals surface area contributed by atoms with Crippen LogP contribution in [0.25, 0.3) is 11.3 Å². The number of rotatable bonds is 5. The van der Waals surface area contributed by atoms with Crippen LogP contribution in [0.3, 0.4) is 0 Å². The van der Waals surface area contributed by atoms with Crippen LogP contribution >= 0.6 is 0 Å². The highest BCUT2D eigenvalue weighted by atomic mass is 16.1. The second-order valence-corrected chi connectivity index (χ2v) is 7.70. The first kappa shape index (κ1) is 19.9. The van der Waals surface area contributed by atoms with E-state index < -0.39 is 0 Å². The maximum Gasteiger partial charge on any atom is 0.227 e. The first-order valence-electron chi connectivity index (χ1n) is 10.4. The molecule has 1 amide bonds. The lowest BCUT2D eigenvalue weighted by molar-refractivity contribution is -0.114. The zero-order chi connectivity index (χ0) is 20.9. The van der Waals surface area contributed by atoms with Gasteiger partial charge in [0, 0.05) is 48.3 Å². The van der Waals surface area contributed by atoms with Gasteiger partial charge < -0.3 is 15.5 Å². The molecule has 1 saturated heterocycles. The van der Waals surface area contributed by atoms with Gasteiger partial charge in [-0.15, -0.1) is 0 Å². The number of anilines is 4. The van der Waals surface area contributed by atoms with Gasteiger partial charge >= 0.3 is 0 Å². The van der Waals surface area contributed by atoms with E-state index in [0.717, 1.165) is 41.4 Å². The predicted molar refractivity (Wildman–Crippen MR) is 122 cm³/mol. The molecule has 0 spiro atoms. The minimum absolute atomic E-state index is 0.0848. The van der Waals surface area contributed by atoms with Gasteiger partial charge in [0.2, 0.25) is 11.9 Å². The summed E-state index contributed by atoms with van der Waals surface area (Å²) in [5.41, 5.74) is 5.70. The van der Waals surface area contributed by atoms with E-state index in [1.54, 1.807) is 0 Å². The Balaban J connectivity index is 1.49. The fraction of sp³-hybridized carbons (Fsp3) is 0.292. The molecule has 30 heavy (non-hydrogen) atoms. The van der Waals surface area contributed by atoms with Gasteiger partial charge in [0.05, 0.1) is 5.69 Å². The Morgan fingerprint density at radius 3 is 2.23 bits per heavy atom. The van der Waals surface area contributed by atoms with E-state index in [4.69, 9.17) is 0 Å². The zero-order valence-corrected chi connectivity index (χ0v) is 17.5. The van der Waals surface area contributed by atoms with Crippen LogP contribution in [0, 0.1) is 6.92 Å². The van der Waals surface area contributed by atoms with Gasteiger partial charge in [-0.2, -0.15) is 0 Å². The summed E-state index contributed by atoms with van der Waals surface area (Å²) in [5, 5.41) is 6.10. The van der Waals surface area contributed by atoms with Gasteiger partial charge in [0.25, 0.3) is 0 Å². The average Bonchev–Trinajstić information content (AvgIpc) is 2.75. The minimum atomic E-state index is -0.0848. The smallest absolute Gasteiger partial charge is 0.227 e. The molecule has 1 aliphatic rings. The van der Waals surface area contributed by atoms with Crippen molar-refractivity contribution in [2.45, 2.75) is 33.1 Å². The minimum Gasteiger partial charge on any atom is -0.372 e. The van der Waals surface area contributed by atoms with Crippen LogP contribution in [0.15, 0.2) is 54.6 Å². The Bertz CT molecular complexity index is 1010. The molecule has 2 heterocycles. The van der Waals surface area contributed by atoms with Crippen LogP contribution in [0.5, 0.6) is 0 Å². The number of aromatic nitrogens is 2. The predicted octanol–water partition coefficient (Wildman–Crippen LogP) is 5.14. The number of nitrogens with one attached hydrogen (secondary N) is 2.